The molecule has 0 saturated heterocycles. The van der Waals surface area contributed by atoms with Gasteiger partial charge in [-0.1, -0.05) is 11.6 Å². The largest absolute Gasteiger partial charge is 0.465 e. The van der Waals surface area contributed by atoms with Crippen LogP contribution in [-0.4, -0.2) is 13.1 Å². The average molecular weight is 314 g/mol. The summed E-state index contributed by atoms with van der Waals surface area (Å²) in [6, 6.07) is 5.61. The molecule has 0 aromatic heterocycles. The van der Waals surface area contributed by atoms with Crippen LogP contribution >= 0.6 is 11.6 Å². The number of nitrogen functional groups attached to an aromatic ring is 1. The summed E-state index contributed by atoms with van der Waals surface area (Å²) in [6.45, 7) is 0. The van der Waals surface area contributed by atoms with Crippen molar-refractivity contribution >= 4 is 23.3 Å². The maximum absolute atomic E-state index is 13.2. The Morgan fingerprint density at radius 1 is 1.19 bits per heavy atom. The van der Waals surface area contributed by atoms with Crippen LogP contribution in [0.3, 0.4) is 0 Å². The Bertz CT molecular complexity index is 707. The van der Waals surface area contributed by atoms with Crippen molar-refractivity contribution in [2.75, 3.05) is 12.8 Å². The average Bonchev–Trinajstić information content (AvgIpc) is 2.44. The molecule has 0 fully saturated rings. The Morgan fingerprint density at radius 3 is 2.52 bits per heavy atom. The number of methoxy groups -OCH3 is 1. The molecule has 110 valence electrons. The summed E-state index contributed by atoms with van der Waals surface area (Å²) in [7, 11) is 1.18. The third-order valence-corrected chi connectivity index (χ3v) is 2.86. The van der Waals surface area contributed by atoms with Crippen molar-refractivity contribution in [1.82, 2.24) is 0 Å². The molecule has 4 nitrogen and oxygen atoms in total. The number of carbonyl (C=O) groups is 1. The van der Waals surface area contributed by atoms with Crippen LogP contribution in [0.15, 0.2) is 30.3 Å². The highest BCUT2D eigenvalue weighted by Gasteiger charge is 2.19. The van der Waals surface area contributed by atoms with E-state index in [0.717, 1.165) is 12.1 Å². The predicted molar refractivity (Wildman–Crippen MR) is 73.6 cm³/mol. The van der Waals surface area contributed by atoms with Crippen molar-refractivity contribution in [1.29, 1.82) is 0 Å². The molecule has 0 atom stereocenters. The van der Waals surface area contributed by atoms with Gasteiger partial charge in [0.05, 0.1) is 12.1 Å². The molecule has 2 rings (SSSR count). The molecule has 0 aliphatic carbocycles. The van der Waals surface area contributed by atoms with Gasteiger partial charge in [-0.05, 0) is 24.3 Å². The molecule has 2 aromatic rings. The number of halogens is 3. The molecule has 0 amide bonds. The monoisotopic (exact) mass is 313 g/mol. The molecule has 0 heterocycles. The van der Waals surface area contributed by atoms with E-state index < -0.39 is 17.6 Å². The number of rotatable bonds is 3. The van der Waals surface area contributed by atoms with Gasteiger partial charge in [-0.2, -0.15) is 0 Å². The minimum Gasteiger partial charge on any atom is -0.465 e. The fraction of sp³-hybridized carbons (Fsp3) is 0.0714. The smallest absolute Gasteiger partial charge is 0.341 e. The van der Waals surface area contributed by atoms with Gasteiger partial charge >= 0.3 is 5.97 Å². The molecule has 2 aromatic carbocycles. The number of benzene rings is 2. The fourth-order valence-corrected chi connectivity index (χ4v) is 1.90. The first-order chi connectivity index (χ1) is 9.92. The molecule has 2 N–H and O–H groups in total. The molecular weight excluding hydrogens is 304 g/mol. The lowest BCUT2D eigenvalue weighted by Crippen LogP contribution is -2.05. The van der Waals surface area contributed by atoms with E-state index in [1.165, 1.54) is 25.3 Å². The van der Waals surface area contributed by atoms with E-state index in [1.807, 2.05) is 0 Å². The zero-order valence-electron chi connectivity index (χ0n) is 10.8. The van der Waals surface area contributed by atoms with E-state index in [4.69, 9.17) is 22.1 Å². The lowest BCUT2D eigenvalue weighted by molar-refractivity contribution is 0.0598. The van der Waals surface area contributed by atoms with Crippen LogP contribution < -0.4 is 10.5 Å². The van der Waals surface area contributed by atoms with Gasteiger partial charge in [0.25, 0.3) is 0 Å². The van der Waals surface area contributed by atoms with Crippen LogP contribution in [-0.2, 0) is 4.74 Å². The van der Waals surface area contributed by atoms with Gasteiger partial charge in [0.15, 0.2) is 17.4 Å². The molecule has 0 spiro atoms. The van der Waals surface area contributed by atoms with Gasteiger partial charge in [0.1, 0.15) is 11.3 Å². The summed E-state index contributed by atoms with van der Waals surface area (Å²) in [5.74, 6) is -2.89. The number of carbonyl (C=O) groups excluding carboxylic acids is 1. The van der Waals surface area contributed by atoms with Crippen molar-refractivity contribution in [3.63, 3.8) is 0 Å². The predicted octanol–water partition coefficient (Wildman–Crippen LogP) is 3.78. The molecule has 0 bridgehead atoms. The number of esters is 1. The van der Waals surface area contributed by atoms with Gasteiger partial charge in [0, 0.05) is 11.8 Å². The number of hydrogen-bond donors (Lipinski definition) is 1. The van der Waals surface area contributed by atoms with Crippen LogP contribution in [0.4, 0.5) is 14.5 Å². The van der Waals surface area contributed by atoms with Crippen molar-refractivity contribution in [2.45, 2.75) is 0 Å². The highest BCUT2D eigenvalue weighted by Crippen LogP contribution is 2.35. The lowest BCUT2D eigenvalue weighted by atomic mass is 10.1. The molecule has 21 heavy (non-hydrogen) atoms. The van der Waals surface area contributed by atoms with Gasteiger partial charge in [0.2, 0.25) is 0 Å². The molecule has 0 radical (unpaired) electrons. The second-order valence-corrected chi connectivity index (χ2v) is 4.46. The zero-order chi connectivity index (χ0) is 15.6. The summed E-state index contributed by atoms with van der Waals surface area (Å²) in [5.41, 5.74) is 5.81. The molecule has 0 saturated carbocycles. The summed E-state index contributed by atoms with van der Waals surface area (Å²) in [4.78, 5) is 11.7. The Labute approximate surface area is 124 Å². The SMILES string of the molecule is COC(=O)c1cc(N)cc(Cl)c1Oc1ccc(F)c(F)c1. The van der Waals surface area contributed by atoms with E-state index in [2.05, 4.69) is 4.74 Å². The quantitative estimate of drug-likeness (QED) is 0.692. The maximum atomic E-state index is 13.2. The molecule has 0 aliphatic rings. The Balaban J connectivity index is 2.47. The Hall–Kier alpha value is -2.34. The van der Waals surface area contributed by atoms with Crippen molar-refractivity contribution in [2.24, 2.45) is 0 Å². The standard InChI is InChI=1S/C14H10ClF2NO3/c1-20-14(19)9-4-7(18)5-10(15)13(9)21-8-2-3-11(16)12(17)6-8/h2-6H,18H2,1H3. The summed E-state index contributed by atoms with van der Waals surface area (Å²) in [5, 5.41) is 0.0418. The third kappa shape index (κ3) is 3.22. The number of hydrogen-bond acceptors (Lipinski definition) is 4. The Morgan fingerprint density at radius 2 is 1.90 bits per heavy atom. The molecular formula is C14H10ClF2NO3. The van der Waals surface area contributed by atoms with Gasteiger partial charge in [-0.3, -0.25) is 0 Å². The van der Waals surface area contributed by atoms with Gasteiger partial charge in [-0.25, -0.2) is 13.6 Å². The third-order valence-electron chi connectivity index (χ3n) is 2.58. The van der Waals surface area contributed by atoms with E-state index in [-0.39, 0.29) is 27.8 Å². The van der Waals surface area contributed by atoms with Crippen molar-refractivity contribution in [3.8, 4) is 11.5 Å². The summed E-state index contributed by atoms with van der Waals surface area (Å²) in [6.07, 6.45) is 0. The minimum absolute atomic E-state index is 0.0211. The van der Waals surface area contributed by atoms with Crippen LogP contribution in [0.2, 0.25) is 5.02 Å². The fourth-order valence-electron chi connectivity index (χ4n) is 1.64. The lowest BCUT2D eigenvalue weighted by Gasteiger charge is -2.12. The topological polar surface area (TPSA) is 61.5 Å². The number of ether oxygens (including phenoxy) is 2. The maximum Gasteiger partial charge on any atom is 0.341 e. The second kappa shape index (κ2) is 5.97. The highest BCUT2D eigenvalue weighted by molar-refractivity contribution is 6.33. The second-order valence-electron chi connectivity index (χ2n) is 4.05. The first-order valence-corrected chi connectivity index (χ1v) is 6.10. The van der Waals surface area contributed by atoms with Gasteiger partial charge < -0.3 is 15.2 Å². The van der Waals surface area contributed by atoms with Crippen LogP contribution in [0.5, 0.6) is 11.5 Å². The van der Waals surface area contributed by atoms with Crippen molar-refractivity contribution < 1.29 is 23.0 Å². The van der Waals surface area contributed by atoms with Crippen molar-refractivity contribution in [3.05, 3.63) is 52.6 Å². The zero-order valence-corrected chi connectivity index (χ0v) is 11.6. The van der Waals surface area contributed by atoms with Crippen LogP contribution in [0.1, 0.15) is 10.4 Å². The van der Waals surface area contributed by atoms with E-state index in [9.17, 15) is 13.6 Å². The molecule has 0 unspecified atom stereocenters. The Kier molecular flexibility index (Phi) is 4.28. The first-order valence-electron chi connectivity index (χ1n) is 5.72. The van der Waals surface area contributed by atoms with E-state index in [0.29, 0.717) is 0 Å². The number of nitrogens with two attached hydrogens (primary N) is 1. The highest BCUT2D eigenvalue weighted by atomic mass is 35.5. The summed E-state index contributed by atoms with van der Waals surface area (Å²) < 4.78 is 36.0. The summed E-state index contributed by atoms with van der Waals surface area (Å²) >= 11 is 5.98. The van der Waals surface area contributed by atoms with Crippen LogP contribution in [0.25, 0.3) is 0 Å². The van der Waals surface area contributed by atoms with Crippen LogP contribution in [0, 0.1) is 11.6 Å². The minimum atomic E-state index is -1.08. The normalized spacial score (nSPS) is 10.3. The van der Waals surface area contributed by atoms with E-state index in [1.54, 1.807) is 0 Å². The first kappa shape index (κ1) is 15.1. The number of anilines is 1. The molecule has 0 aliphatic heterocycles. The molecule has 7 heteroatoms. The van der Waals surface area contributed by atoms with Gasteiger partial charge in [-0.15, -0.1) is 0 Å². The van der Waals surface area contributed by atoms with E-state index >= 15 is 0 Å².